The van der Waals surface area contributed by atoms with Gasteiger partial charge in [0.05, 0.1) is 23.9 Å². The van der Waals surface area contributed by atoms with Gasteiger partial charge in [-0.25, -0.2) is 4.68 Å². The number of aromatic nitrogens is 2. The molecule has 130 valence electrons. The van der Waals surface area contributed by atoms with Crippen LogP contribution in [-0.4, -0.2) is 24.5 Å². The van der Waals surface area contributed by atoms with E-state index in [2.05, 4.69) is 27.7 Å². The third-order valence-corrected chi connectivity index (χ3v) is 4.80. The maximum Gasteiger partial charge on any atom is 0.274 e. The van der Waals surface area contributed by atoms with Gasteiger partial charge in [0.2, 0.25) is 0 Å². The van der Waals surface area contributed by atoms with E-state index >= 15 is 0 Å². The van der Waals surface area contributed by atoms with Crippen LogP contribution in [0.1, 0.15) is 11.3 Å². The van der Waals surface area contributed by atoms with Crippen molar-refractivity contribution < 1.29 is 12.6 Å². The SMILES string of the molecule is CS(=O)(=O)OCc1nn(Cc2ccccc2)c(=O)c2ccc(I)cc12. The molecule has 0 bridgehead atoms. The van der Waals surface area contributed by atoms with E-state index in [1.807, 2.05) is 36.4 Å². The molecular formula is C17H15IN2O4S. The Morgan fingerprint density at radius 2 is 1.84 bits per heavy atom. The van der Waals surface area contributed by atoms with Crippen LogP contribution >= 0.6 is 22.6 Å². The Morgan fingerprint density at radius 1 is 1.12 bits per heavy atom. The lowest BCUT2D eigenvalue weighted by atomic mass is 10.1. The van der Waals surface area contributed by atoms with Gasteiger partial charge in [-0.15, -0.1) is 0 Å². The second-order valence-electron chi connectivity index (χ2n) is 5.55. The van der Waals surface area contributed by atoms with Crippen molar-refractivity contribution in [2.75, 3.05) is 6.26 Å². The van der Waals surface area contributed by atoms with Gasteiger partial charge in [0.1, 0.15) is 6.61 Å². The predicted molar refractivity (Wildman–Crippen MR) is 104 cm³/mol. The molecule has 0 radical (unpaired) electrons. The zero-order valence-corrected chi connectivity index (χ0v) is 16.3. The minimum atomic E-state index is -3.61. The van der Waals surface area contributed by atoms with Crippen molar-refractivity contribution in [1.29, 1.82) is 0 Å². The lowest BCUT2D eigenvalue weighted by molar-refractivity contribution is 0.305. The van der Waals surface area contributed by atoms with Gasteiger partial charge in [-0.1, -0.05) is 30.3 Å². The molecule has 0 unspecified atom stereocenters. The van der Waals surface area contributed by atoms with Crippen molar-refractivity contribution in [1.82, 2.24) is 9.78 Å². The van der Waals surface area contributed by atoms with Crippen molar-refractivity contribution in [3.63, 3.8) is 0 Å². The van der Waals surface area contributed by atoms with Gasteiger partial charge in [-0.3, -0.25) is 8.98 Å². The van der Waals surface area contributed by atoms with E-state index in [1.165, 1.54) is 4.68 Å². The summed E-state index contributed by atoms with van der Waals surface area (Å²) in [5.74, 6) is 0. The van der Waals surface area contributed by atoms with Crippen LogP contribution in [0.15, 0.2) is 53.3 Å². The maximum absolute atomic E-state index is 12.7. The summed E-state index contributed by atoms with van der Waals surface area (Å²) in [5, 5.41) is 5.44. The van der Waals surface area contributed by atoms with E-state index in [0.29, 0.717) is 23.0 Å². The molecule has 0 amide bonds. The summed E-state index contributed by atoms with van der Waals surface area (Å²) in [5.41, 5.74) is 1.12. The van der Waals surface area contributed by atoms with Crippen LogP contribution in [0.25, 0.3) is 10.8 Å². The zero-order chi connectivity index (χ0) is 18.0. The van der Waals surface area contributed by atoms with E-state index in [0.717, 1.165) is 15.4 Å². The molecule has 0 aliphatic rings. The Balaban J connectivity index is 2.13. The monoisotopic (exact) mass is 470 g/mol. The third kappa shape index (κ3) is 4.44. The van der Waals surface area contributed by atoms with Crippen molar-refractivity contribution in [3.05, 3.63) is 73.7 Å². The van der Waals surface area contributed by atoms with Crippen molar-refractivity contribution in [2.24, 2.45) is 0 Å². The highest BCUT2D eigenvalue weighted by Crippen LogP contribution is 2.19. The minimum absolute atomic E-state index is 0.218. The topological polar surface area (TPSA) is 78.3 Å². The summed E-state index contributed by atoms with van der Waals surface area (Å²) in [6.07, 6.45) is 0.985. The van der Waals surface area contributed by atoms with Crippen molar-refractivity contribution in [3.8, 4) is 0 Å². The number of benzene rings is 2. The first-order valence-electron chi connectivity index (χ1n) is 7.41. The van der Waals surface area contributed by atoms with E-state index in [4.69, 9.17) is 4.18 Å². The number of fused-ring (bicyclic) bond motifs is 1. The summed E-state index contributed by atoms with van der Waals surface area (Å²) >= 11 is 2.13. The van der Waals surface area contributed by atoms with Crippen LogP contribution in [-0.2, 0) is 27.5 Å². The number of rotatable bonds is 5. The lowest BCUT2D eigenvalue weighted by Gasteiger charge is -2.11. The molecule has 1 heterocycles. The highest BCUT2D eigenvalue weighted by atomic mass is 127. The van der Waals surface area contributed by atoms with Gasteiger partial charge < -0.3 is 0 Å². The van der Waals surface area contributed by atoms with Crippen LogP contribution in [0.5, 0.6) is 0 Å². The largest absolute Gasteiger partial charge is 0.274 e. The van der Waals surface area contributed by atoms with E-state index < -0.39 is 10.1 Å². The molecule has 0 aliphatic carbocycles. The van der Waals surface area contributed by atoms with E-state index in [9.17, 15) is 13.2 Å². The van der Waals surface area contributed by atoms with Gasteiger partial charge in [-0.05, 0) is 46.4 Å². The highest BCUT2D eigenvalue weighted by Gasteiger charge is 2.14. The molecule has 0 saturated carbocycles. The first-order valence-corrected chi connectivity index (χ1v) is 10.3. The molecule has 0 N–H and O–H groups in total. The Kier molecular flexibility index (Phi) is 5.21. The fourth-order valence-corrected chi connectivity index (χ4v) is 3.28. The van der Waals surface area contributed by atoms with Gasteiger partial charge in [0, 0.05) is 8.96 Å². The molecule has 3 aromatic rings. The quantitative estimate of drug-likeness (QED) is 0.423. The van der Waals surface area contributed by atoms with Crippen molar-refractivity contribution in [2.45, 2.75) is 13.2 Å². The second-order valence-corrected chi connectivity index (χ2v) is 8.44. The summed E-state index contributed by atoms with van der Waals surface area (Å²) in [6, 6.07) is 14.8. The Hall–Kier alpha value is -1.78. The highest BCUT2D eigenvalue weighted by molar-refractivity contribution is 14.1. The normalized spacial score (nSPS) is 11.8. The van der Waals surface area contributed by atoms with Gasteiger partial charge in [0.15, 0.2) is 0 Å². The summed E-state index contributed by atoms with van der Waals surface area (Å²) in [6.45, 7) is 0.0813. The molecule has 3 rings (SSSR count). The Bertz CT molecular complexity index is 1080. The summed E-state index contributed by atoms with van der Waals surface area (Å²) < 4.78 is 29.8. The van der Waals surface area contributed by atoms with E-state index in [1.54, 1.807) is 12.1 Å². The van der Waals surface area contributed by atoms with Gasteiger partial charge >= 0.3 is 0 Å². The summed E-state index contributed by atoms with van der Waals surface area (Å²) in [4.78, 5) is 12.7. The second kappa shape index (κ2) is 7.22. The lowest BCUT2D eigenvalue weighted by Crippen LogP contribution is -2.25. The van der Waals surface area contributed by atoms with Crippen LogP contribution in [0.2, 0.25) is 0 Å². The smallest absolute Gasteiger partial charge is 0.267 e. The number of halogens is 1. The zero-order valence-electron chi connectivity index (χ0n) is 13.3. The van der Waals surface area contributed by atoms with Crippen LogP contribution in [0.4, 0.5) is 0 Å². The third-order valence-electron chi connectivity index (χ3n) is 3.58. The van der Waals surface area contributed by atoms with Crippen molar-refractivity contribution >= 4 is 43.5 Å². The Labute approximate surface area is 158 Å². The maximum atomic E-state index is 12.7. The average Bonchev–Trinajstić information content (AvgIpc) is 2.56. The summed E-state index contributed by atoms with van der Waals surface area (Å²) in [7, 11) is -3.61. The standard InChI is InChI=1S/C17H15IN2O4S/c1-25(22,23)24-11-16-15-9-13(18)7-8-14(15)17(21)20(19-16)10-12-5-3-2-4-6-12/h2-9H,10-11H2,1H3. The van der Waals surface area contributed by atoms with E-state index in [-0.39, 0.29) is 12.2 Å². The van der Waals surface area contributed by atoms with Crippen LogP contribution in [0.3, 0.4) is 0 Å². The molecular weight excluding hydrogens is 455 g/mol. The molecule has 2 aromatic carbocycles. The minimum Gasteiger partial charge on any atom is -0.267 e. The van der Waals surface area contributed by atoms with Gasteiger partial charge in [0.25, 0.3) is 15.7 Å². The first-order chi connectivity index (χ1) is 11.8. The number of nitrogens with zero attached hydrogens (tertiary/aromatic N) is 2. The average molecular weight is 470 g/mol. The first kappa shape index (κ1) is 18.0. The molecule has 25 heavy (non-hydrogen) atoms. The molecule has 0 spiro atoms. The van der Waals surface area contributed by atoms with Crippen LogP contribution in [0, 0.1) is 3.57 Å². The molecule has 6 nitrogen and oxygen atoms in total. The Morgan fingerprint density at radius 3 is 2.52 bits per heavy atom. The molecule has 0 saturated heterocycles. The molecule has 1 aromatic heterocycles. The fourth-order valence-electron chi connectivity index (χ4n) is 2.46. The molecule has 0 atom stereocenters. The van der Waals surface area contributed by atoms with Gasteiger partial charge in [-0.2, -0.15) is 13.5 Å². The molecule has 0 aliphatic heterocycles. The number of hydrogen-bond acceptors (Lipinski definition) is 5. The molecule has 0 fully saturated rings. The van der Waals surface area contributed by atoms with Crippen LogP contribution < -0.4 is 5.56 Å². The predicted octanol–water partition coefficient (Wildman–Crippen LogP) is 2.53. The fraction of sp³-hybridized carbons (Fsp3) is 0.176. The molecule has 8 heteroatoms. The number of hydrogen-bond donors (Lipinski definition) is 0.